The van der Waals surface area contributed by atoms with Gasteiger partial charge in [-0.2, -0.15) is 0 Å². The Kier molecular flexibility index (Phi) is 4.42. The fourth-order valence-corrected chi connectivity index (χ4v) is 9.49. The molecule has 0 bridgehead atoms. The first-order chi connectivity index (χ1) is 12.2. The van der Waals surface area contributed by atoms with E-state index in [0.29, 0.717) is 0 Å². The molecule has 1 aliphatic heterocycles. The lowest BCUT2D eigenvalue weighted by Gasteiger charge is -2.29. The van der Waals surface area contributed by atoms with Crippen LogP contribution in [0.3, 0.4) is 0 Å². The molecule has 4 rings (SSSR count). The number of benzene rings is 3. The number of hydrogen-bond acceptors (Lipinski definition) is 1. The molecular weight excluding hydrogens is 342 g/mol. The minimum Gasteiger partial charge on any atom is -0.339 e. The average Bonchev–Trinajstić information content (AvgIpc) is 3.28. The highest BCUT2D eigenvalue weighted by atomic mass is 31.2. The van der Waals surface area contributed by atoms with Gasteiger partial charge in [0.05, 0.1) is 8.15 Å². The normalized spacial score (nSPS) is 22.4. The van der Waals surface area contributed by atoms with Crippen LogP contribution in [-0.2, 0) is 4.52 Å². The van der Waals surface area contributed by atoms with Gasteiger partial charge >= 0.3 is 0 Å². The summed E-state index contributed by atoms with van der Waals surface area (Å²) in [6.45, 7) is 2.58. The fraction of sp³-hybridized carbons (Fsp3) is 0.136. The van der Waals surface area contributed by atoms with Crippen molar-refractivity contribution >= 4 is 36.7 Å². The molecule has 0 aliphatic carbocycles. The third kappa shape index (κ3) is 3.02. The van der Waals surface area contributed by atoms with Crippen molar-refractivity contribution in [3.63, 3.8) is 0 Å². The van der Waals surface area contributed by atoms with Crippen LogP contribution in [0.4, 0.5) is 0 Å². The average molecular weight is 364 g/mol. The first-order valence-corrected chi connectivity index (χ1v) is 12.1. The van der Waals surface area contributed by atoms with Crippen molar-refractivity contribution in [2.75, 3.05) is 6.66 Å². The zero-order valence-electron chi connectivity index (χ0n) is 14.5. The van der Waals surface area contributed by atoms with E-state index in [-0.39, 0.29) is 13.5 Å². The second kappa shape index (κ2) is 6.58. The summed E-state index contributed by atoms with van der Waals surface area (Å²) in [7, 11) is -0.379. The van der Waals surface area contributed by atoms with Crippen LogP contribution in [0.2, 0.25) is 0 Å². The molecule has 2 unspecified atom stereocenters. The maximum Gasteiger partial charge on any atom is 0.132 e. The maximum atomic E-state index is 6.06. The van der Waals surface area contributed by atoms with Gasteiger partial charge in [-0.3, -0.25) is 0 Å². The molecule has 0 aromatic heterocycles. The molecule has 0 N–H and O–H groups in total. The van der Waals surface area contributed by atoms with Crippen molar-refractivity contribution in [3.8, 4) is 0 Å². The Hall–Kier alpha value is -1.65. The van der Waals surface area contributed by atoms with Crippen molar-refractivity contribution in [1.82, 2.24) is 0 Å². The molecule has 2 atom stereocenters. The summed E-state index contributed by atoms with van der Waals surface area (Å²) in [4.78, 5) is 0. The first kappa shape index (κ1) is 16.8. The van der Waals surface area contributed by atoms with Crippen LogP contribution >= 0.6 is 15.0 Å². The number of rotatable bonds is 4. The van der Waals surface area contributed by atoms with Gasteiger partial charge in [-0.1, -0.05) is 91.0 Å². The molecule has 0 saturated carbocycles. The van der Waals surface area contributed by atoms with Gasteiger partial charge in [-0.05, 0) is 42.2 Å². The van der Waals surface area contributed by atoms with E-state index in [2.05, 4.69) is 110 Å². The Bertz CT molecular complexity index is 803. The quantitative estimate of drug-likeness (QED) is 0.489. The molecule has 3 aromatic carbocycles. The third-order valence-electron chi connectivity index (χ3n) is 4.84. The second-order valence-electron chi connectivity index (χ2n) is 6.50. The summed E-state index contributed by atoms with van der Waals surface area (Å²) < 4.78 is 6.06. The van der Waals surface area contributed by atoms with E-state index in [4.69, 9.17) is 4.52 Å². The molecule has 3 heteroatoms. The molecule has 1 saturated heterocycles. The standard InChI is InChI=1S/C22H22OP2/c1-22(23-24(22)2)18-25(19-12-6-3-7-13-19,20-14-8-4-9-15-20)21-16-10-5-11-17-21/h3-18H,1-2H3. The minimum atomic E-state index is -1.88. The van der Waals surface area contributed by atoms with Crippen molar-refractivity contribution in [2.24, 2.45) is 0 Å². The Labute approximate surface area is 151 Å². The monoisotopic (exact) mass is 364 g/mol. The summed E-state index contributed by atoms with van der Waals surface area (Å²) in [5.41, 5.74) is 0. The van der Waals surface area contributed by atoms with Crippen LogP contribution in [0.5, 0.6) is 0 Å². The van der Waals surface area contributed by atoms with Gasteiger partial charge < -0.3 is 4.52 Å². The molecule has 0 amide bonds. The predicted octanol–water partition coefficient (Wildman–Crippen LogP) is 4.56. The van der Waals surface area contributed by atoms with E-state index >= 15 is 0 Å². The number of hydrogen-bond donors (Lipinski definition) is 0. The van der Waals surface area contributed by atoms with Gasteiger partial charge in [-0.15, -0.1) is 0 Å². The van der Waals surface area contributed by atoms with Crippen LogP contribution in [0.1, 0.15) is 6.92 Å². The van der Waals surface area contributed by atoms with E-state index in [9.17, 15) is 0 Å². The highest BCUT2D eigenvalue weighted by Gasteiger charge is 2.49. The zero-order chi connectivity index (χ0) is 17.3. The van der Waals surface area contributed by atoms with Gasteiger partial charge in [-0.25, -0.2) is 0 Å². The summed E-state index contributed by atoms with van der Waals surface area (Å²) in [5, 5.41) is 4.04. The molecule has 1 nitrogen and oxygen atoms in total. The van der Waals surface area contributed by atoms with Crippen LogP contribution in [0, 0.1) is 0 Å². The van der Waals surface area contributed by atoms with Gasteiger partial charge in [0.25, 0.3) is 0 Å². The summed E-state index contributed by atoms with van der Waals surface area (Å²) in [6, 6.07) is 32.8. The maximum absolute atomic E-state index is 6.06. The Balaban J connectivity index is 2.10. The SMILES string of the molecule is CP1OC1(C)C=P(c1ccccc1)(c1ccccc1)c1ccccc1. The van der Waals surface area contributed by atoms with Crippen LogP contribution in [0.15, 0.2) is 91.0 Å². The largest absolute Gasteiger partial charge is 0.339 e. The summed E-state index contributed by atoms with van der Waals surface area (Å²) in [5.74, 6) is 2.53. The van der Waals surface area contributed by atoms with E-state index in [0.717, 1.165) is 0 Å². The zero-order valence-corrected chi connectivity index (χ0v) is 16.3. The van der Waals surface area contributed by atoms with Gasteiger partial charge in [0, 0.05) is 0 Å². The van der Waals surface area contributed by atoms with Gasteiger partial charge in [0.1, 0.15) is 5.34 Å². The van der Waals surface area contributed by atoms with Crippen LogP contribution < -0.4 is 15.9 Å². The van der Waals surface area contributed by atoms with Gasteiger partial charge in [0.2, 0.25) is 0 Å². The highest BCUT2D eigenvalue weighted by Crippen LogP contribution is 2.69. The highest BCUT2D eigenvalue weighted by molar-refractivity contribution is 7.95. The predicted molar refractivity (Wildman–Crippen MR) is 114 cm³/mol. The molecule has 1 fully saturated rings. The molecule has 3 aromatic rings. The van der Waals surface area contributed by atoms with E-state index in [1.165, 1.54) is 15.9 Å². The summed E-state index contributed by atoms with van der Waals surface area (Å²) >= 11 is 0. The van der Waals surface area contributed by atoms with E-state index in [1.54, 1.807) is 0 Å². The molecule has 0 radical (unpaired) electrons. The van der Waals surface area contributed by atoms with Gasteiger partial charge in [0.15, 0.2) is 0 Å². The topological polar surface area (TPSA) is 12.5 Å². The van der Waals surface area contributed by atoms with Crippen molar-refractivity contribution in [1.29, 1.82) is 0 Å². The van der Waals surface area contributed by atoms with Crippen molar-refractivity contribution in [2.45, 2.75) is 12.3 Å². The smallest absolute Gasteiger partial charge is 0.132 e. The van der Waals surface area contributed by atoms with Crippen LogP contribution in [-0.4, -0.2) is 17.8 Å². The lowest BCUT2D eigenvalue weighted by atomic mass is 10.4. The Morgan fingerprint density at radius 2 is 1.04 bits per heavy atom. The second-order valence-corrected chi connectivity index (χ2v) is 11.8. The van der Waals surface area contributed by atoms with E-state index < -0.39 is 6.89 Å². The van der Waals surface area contributed by atoms with Crippen LogP contribution in [0.25, 0.3) is 0 Å². The lowest BCUT2D eigenvalue weighted by molar-refractivity contribution is 0.432. The third-order valence-corrected chi connectivity index (χ3v) is 11.2. The fourth-order valence-electron chi connectivity index (χ4n) is 3.38. The molecule has 0 spiro atoms. The molecule has 1 aliphatic rings. The first-order valence-electron chi connectivity index (χ1n) is 8.51. The van der Waals surface area contributed by atoms with E-state index in [1.807, 2.05) is 0 Å². The minimum absolute atomic E-state index is 0.107. The molecular formula is C22H22OP2. The Morgan fingerprint density at radius 3 is 1.32 bits per heavy atom. The Morgan fingerprint density at radius 1 is 0.720 bits per heavy atom. The lowest BCUT2D eigenvalue weighted by Crippen LogP contribution is -2.29. The van der Waals surface area contributed by atoms with Crippen molar-refractivity contribution in [3.05, 3.63) is 91.0 Å². The summed E-state index contributed by atoms with van der Waals surface area (Å²) in [6.07, 6.45) is 0. The molecule has 25 heavy (non-hydrogen) atoms. The molecule has 1 heterocycles. The van der Waals surface area contributed by atoms with Crippen molar-refractivity contribution < 1.29 is 4.52 Å². The molecule has 126 valence electrons.